The van der Waals surface area contributed by atoms with Crippen molar-refractivity contribution in [3.05, 3.63) is 96.2 Å². The van der Waals surface area contributed by atoms with Crippen LogP contribution in [0.4, 0.5) is 0 Å². The van der Waals surface area contributed by atoms with Gasteiger partial charge in [-0.05, 0) is 28.0 Å². The second-order valence-corrected chi connectivity index (χ2v) is 4.48. The van der Waals surface area contributed by atoms with Crippen molar-refractivity contribution in [3.8, 4) is 0 Å². The summed E-state index contributed by atoms with van der Waals surface area (Å²) in [7, 11) is 0. The van der Waals surface area contributed by atoms with E-state index in [1.807, 2.05) is 18.2 Å². The molecule has 0 unspecified atom stereocenters. The molecule has 0 bridgehead atoms. The van der Waals surface area contributed by atoms with Gasteiger partial charge in [0.25, 0.3) is 0 Å². The highest BCUT2D eigenvalue weighted by molar-refractivity contribution is 5.89. The van der Waals surface area contributed by atoms with Gasteiger partial charge in [-0.2, -0.15) is 0 Å². The molecule has 0 N–H and O–H groups in total. The minimum atomic E-state index is 1.05. The van der Waals surface area contributed by atoms with E-state index in [2.05, 4.69) is 66.9 Å². The summed E-state index contributed by atoms with van der Waals surface area (Å²) in [5.41, 5.74) is 6.41. The maximum Gasteiger partial charge on any atom is 0.0303 e. The third-order valence-corrected chi connectivity index (χ3v) is 3.28. The van der Waals surface area contributed by atoms with Crippen molar-refractivity contribution < 1.29 is 0 Å². The second kappa shape index (κ2) is 4.97. The first-order valence-electron chi connectivity index (χ1n) is 6.33. The molecule has 0 heterocycles. The van der Waals surface area contributed by atoms with Crippen LogP contribution in [0.25, 0.3) is 16.3 Å². The second-order valence-electron chi connectivity index (χ2n) is 4.48. The van der Waals surface area contributed by atoms with Crippen molar-refractivity contribution in [3.63, 3.8) is 0 Å². The lowest BCUT2D eigenvalue weighted by molar-refractivity contribution is 1.57. The van der Waals surface area contributed by atoms with E-state index in [1.165, 1.54) is 10.8 Å². The monoisotopic (exact) mass is 242 g/mol. The molecule has 0 aliphatic carbocycles. The van der Waals surface area contributed by atoms with Gasteiger partial charge >= 0.3 is 0 Å². The molecule has 19 heavy (non-hydrogen) atoms. The number of rotatable bonds is 2. The van der Waals surface area contributed by atoms with Gasteiger partial charge in [-0.1, -0.05) is 73.3 Å². The van der Waals surface area contributed by atoms with Gasteiger partial charge in [-0.25, -0.2) is 0 Å². The van der Waals surface area contributed by atoms with Crippen LogP contribution < -0.4 is 0 Å². The van der Waals surface area contributed by atoms with E-state index in [-0.39, 0.29) is 0 Å². The molecule has 0 aliphatic heterocycles. The summed E-state index contributed by atoms with van der Waals surface area (Å²) in [6, 6.07) is 25.1. The van der Waals surface area contributed by atoms with E-state index in [1.54, 1.807) is 0 Å². The lowest BCUT2D eigenvalue weighted by Crippen LogP contribution is -1.86. The van der Waals surface area contributed by atoms with Crippen molar-refractivity contribution in [2.75, 3.05) is 0 Å². The Kier molecular flexibility index (Phi) is 3.02. The predicted octanol–water partition coefficient (Wildman–Crippen LogP) is 5.06. The maximum atomic E-state index is 3.83. The topological polar surface area (TPSA) is 0 Å². The van der Waals surface area contributed by atoms with Crippen LogP contribution >= 0.6 is 0 Å². The molecule has 0 spiro atoms. The molecule has 0 nitrogen and oxygen atoms in total. The largest absolute Gasteiger partial charge is 0.119 e. The highest BCUT2D eigenvalue weighted by Crippen LogP contribution is 2.25. The first kappa shape index (κ1) is 11.5. The normalized spacial score (nSPS) is 10.1. The summed E-state index contributed by atoms with van der Waals surface area (Å²) in [5.74, 6) is 0. The van der Waals surface area contributed by atoms with Crippen LogP contribution in [0.3, 0.4) is 0 Å². The molecule has 0 saturated carbocycles. The van der Waals surface area contributed by atoms with Crippen LogP contribution in [-0.2, 0) is 0 Å². The van der Waals surface area contributed by atoms with Gasteiger partial charge in [0, 0.05) is 5.57 Å². The molecule has 0 amide bonds. The fourth-order valence-electron chi connectivity index (χ4n) is 2.32. The standard InChI is InChI=1S/C19H14/c1-2-19(16-9-4-3-5-10-16)18-13-12-15-8-6-7-11-17(15)14-18/h3-14H,1H2. The van der Waals surface area contributed by atoms with E-state index < -0.39 is 0 Å². The van der Waals surface area contributed by atoms with Crippen molar-refractivity contribution in [1.82, 2.24) is 0 Å². The van der Waals surface area contributed by atoms with Crippen LogP contribution in [0.5, 0.6) is 0 Å². The molecule has 0 aromatic heterocycles. The lowest BCUT2D eigenvalue weighted by Gasteiger charge is -2.07. The predicted molar refractivity (Wildman–Crippen MR) is 82.0 cm³/mol. The van der Waals surface area contributed by atoms with E-state index >= 15 is 0 Å². The average Bonchev–Trinajstić information content (AvgIpc) is 2.49. The van der Waals surface area contributed by atoms with E-state index in [9.17, 15) is 0 Å². The highest BCUT2D eigenvalue weighted by atomic mass is 14.1. The van der Waals surface area contributed by atoms with Gasteiger partial charge in [0.2, 0.25) is 0 Å². The smallest absolute Gasteiger partial charge is 0.0303 e. The van der Waals surface area contributed by atoms with Gasteiger partial charge < -0.3 is 0 Å². The number of hydrogen-bond acceptors (Lipinski definition) is 0. The first-order valence-corrected chi connectivity index (χ1v) is 6.33. The molecule has 0 saturated heterocycles. The van der Waals surface area contributed by atoms with Crippen molar-refractivity contribution in [1.29, 1.82) is 0 Å². The van der Waals surface area contributed by atoms with Gasteiger partial charge in [0.15, 0.2) is 0 Å². The Hall–Kier alpha value is -2.56. The van der Waals surface area contributed by atoms with Crippen LogP contribution in [-0.4, -0.2) is 0 Å². The third-order valence-electron chi connectivity index (χ3n) is 3.28. The average molecular weight is 242 g/mol. The summed E-state index contributed by atoms with van der Waals surface area (Å²) in [6.45, 7) is 3.83. The summed E-state index contributed by atoms with van der Waals surface area (Å²) < 4.78 is 0. The highest BCUT2D eigenvalue weighted by Gasteiger charge is 2.04. The van der Waals surface area contributed by atoms with E-state index in [0.29, 0.717) is 0 Å². The molecule has 0 fully saturated rings. The first-order chi connectivity index (χ1) is 9.38. The van der Waals surface area contributed by atoms with Crippen LogP contribution in [0.2, 0.25) is 0 Å². The van der Waals surface area contributed by atoms with Crippen LogP contribution in [0.1, 0.15) is 11.1 Å². The van der Waals surface area contributed by atoms with Crippen molar-refractivity contribution in [2.24, 2.45) is 0 Å². The fourth-order valence-corrected chi connectivity index (χ4v) is 2.32. The Labute approximate surface area is 113 Å². The number of fused-ring (bicyclic) bond motifs is 1. The molecule has 0 aliphatic rings. The quantitative estimate of drug-likeness (QED) is 0.551. The minimum Gasteiger partial charge on any atom is -0.119 e. The van der Waals surface area contributed by atoms with Crippen LogP contribution in [0, 0.1) is 0 Å². The van der Waals surface area contributed by atoms with Gasteiger partial charge in [-0.3, -0.25) is 0 Å². The summed E-state index contributed by atoms with van der Waals surface area (Å²) in [6.07, 6.45) is 0. The van der Waals surface area contributed by atoms with Crippen molar-refractivity contribution >= 4 is 16.3 Å². The van der Waals surface area contributed by atoms with E-state index in [0.717, 1.165) is 16.7 Å². The molecular formula is C19H14. The Balaban J connectivity index is 2.15. The maximum absolute atomic E-state index is 3.83. The Bertz CT molecular complexity index is 760. The van der Waals surface area contributed by atoms with Crippen molar-refractivity contribution in [2.45, 2.75) is 0 Å². The van der Waals surface area contributed by atoms with Gasteiger partial charge in [0.1, 0.15) is 0 Å². The van der Waals surface area contributed by atoms with Crippen LogP contribution in [0.15, 0.2) is 85.1 Å². The molecule has 3 aromatic rings. The Morgan fingerprint density at radius 3 is 2.11 bits per heavy atom. The fraction of sp³-hybridized carbons (Fsp3) is 0. The third kappa shape index (κ3) is 2.22. The molecule has 3 aromatic carbocycles. The zero-order valence-electron chi connectivity index (χ0n) is 10.6. The molecule has 3 rings (SSSR count). The zero-order chi connectivity index (χ0) is 13.1. The lowest BCUT2D eigenvalue weighted by atomic mass is 9.96. The number of hydrogen-bond donors (Lipinski definition) is 0. The minimum absolute atomic E-state index is 1.05. The molecule has 0 atom stereocenters. The molecular weight excluding hydrogens is 228 g/mol. The number of benzene rings is 3. The molecule has 0 radical (unpaired) electrons. The molecule has 0 heteroatoms. The van der Waals surface area contributed by atoms with Gasteiger partial charge in [-0.15, -0.1) is 5.73 Å². The Morgan fingerprint density at radius 1 is 0.684 bits per heavy atom. The summed E-state index contributed by atoms with van der Waals surface area (Å²) in [5, 5.41) is 2.49. The molecule has 90 valence electrons. The summed E-state index contributed by atoms with van der Waals surface area (Å²) in [4.78, 5) is 0. The van der Waals surface area contributed by atoms with E-state index in [4.69, 9.17) is 0 Å². The SMILES string of the molecule is C=C=C(c1ccccc1)c1ccc2ccccc2c1. The zero-order valence-corrected chi connectivity index (χ0v) is 10.6. The summed E-state index contributed by atoms with van der Waals surface area (Å²) >= 11 is 0. The Morgan fingerprint density at radius 2 is 1.37 bits per heavy atom. The van der Waals surface area contributed by atoms with Gasteiger partial charge in [0.05, 0.1) is 0 Å².